The second-order valence-corrected chi connectivity index (χ2v) is 11.2. The number of aryl methyl sites for hydroxylation is 1. The van der Waals surface area contributed by atoms with E-state index in [1.807, 2.05) is 97.1 Å². The van der Waals surface area contributed by atoms with Gasteiger partial charge >= 0.3 is 0 Å². The highest BCUT2D eigenvalue weighted by Crippen LogP contribution is 2.44. The van der Waals surface area contributed by atoms with E-state index in [4.69, 9.17) is 19.6 Å². The predicted octanol–water partition coefficient (Wildman–Crippen LogP) is 6.46. The van der Waals surface area contributed by atoms with Gasteiger partial charge in [0.1, 0.15) is 5.75 Å². The minimum atomic E-state index is -1.23. The maximum atomic E-state index is 14.3. The van der Waals surface area contributed by atoms with Crippen LogP contribution in [0.4, 0.5) is 0 Å². The monoisotopic (exact) mass is 626 g/mol. The molecule has 1 aliphatic rings. The Morgan fingerprint density at radius 2 is 1.55 bits per heavy atom. The third kappa shape index (κ3) is 7.09. The minimum Gasteiger partial charge on any atom is -0.494 e. The molecule has 1 amide bonds. The summed E-state index contributed by atoms with van der Waals surface area (Å²) >= 11 is 3.70. The fourth-order valence-corrected chi connectivity index (χ4v) is 5.64. The maximum Gasteiger partial charge on any atom is 0.252 e. The number of rotatable bonds is 13. The van der Waals surface area contributed by atoms with Crippen LogP contribution in [-0.2, 0) is 22.4 Å². The van der Waals surface area contributed by atoms with Crippen molar-refractivity contribution in [1.29, 1.82) is 0 Å². The molecule has 0 saturated heterocycles. The Morgan fingerprint density at radius 1 is 0.881 bits per heavy atom. The Hall–Kier alpha value is -3.94. The number of halogens is 1. The lowest BCUT2D eigenvalue weighted by atomic mass is 9.82. The van der Waals surface area contributed by atoms with E-state index in [9.17, 15) is 4.79 Å². The average Bonchev–Trinajstić information content (AvgIpc) is 3.41. The first-order valence-electron chi connectivity index (χ1n) is 14.3. The van der Waals surface area contributed by atoms with Gasteiger partial charge in [0.15, 0.2) is 11.6 Å². The highest BCUT2D eigenvalue weighted by atomic mass is 79.9. The Morgan fingerprint density at radius 3 is 2.24 bits per heavy atom. The van der Waals surface area contributed by atoms with Crippen molar-refractivity contribution in [3.63, 3.8) is 0 Å². The van der Waals surface area contributed by atoms with Crippen LogP contribution in [0.5, 0.6) is 5.75 Å². The smallest absolute Gasteiger partial charge is 0.252 e. The van der Waals surface area contributed by atoms with Crippen molar-refractivity contribution in [2.75, 3.05) is 19.8 Å². The molecule has 0 radical (unpaired) electrons. The third-order valence-corrected chi connectivity index (χ3v) is 8.03. The Labute approximate surface area is 255 Å². The van der Waals surface area contributed by atoms with Crippen molar-refractivity contribution in [2.45, 2.75) is 37.3 Å². The number of hydrogen-bond donors (Lipinski definition) is 2. The molecular weight excluding hydrogens is 592 g/mol. The van der Waals surface area contributed by atoms with Crippen LogP contribution >= 0.6 is 15.9 Å². The zero-order valence-electron chi connectivity index (χ0n) is 23.4. The first kappa shape index (κ1) is 29.5. The van der Waals surface area contributed by atoms with E-state index in [1.165, 1.54) is 5.56 Å². The molecule has 0 fully saturated rings. The van der Waals surface area contributed by atoms with Crippen LogP contribution < -0.4 is 10.1 Å². The highest BCUT2D eigenvalue weighted by molar-refractivity contribution is 9.10. The van der Waals surface area contributed by atoms with Crippen molar-refractivity contribution in [3.8, 4) is 5.75 Å². The summed E-state index contributed by atoms with van der Waals surface area (Å²) in [5, 5.41) is 12.2. The molecule has 0 aromatic heterocycles. The number of aliphatic imine (C=N–C) groups is 1. The van der Waals surface area contributed by atoms with E-state index in [1.54, 1.807) is 0 Å². The van der Waals surface area contributed by atoms with Crippen LogP contribution in [0.2, 0.25) is 0 Å². The lowest BCUT2D eigenvalue weighted by Crippen LogP contribution is -2.50. The second kappa shape index (κ2) is 14.3. The van der Waals surface area contributed by atoms with Crippen LogP contribution in [0.15, 0.2) is 119 Å². The molecule has 42 heavy (non-hydrogen) atoms. The molecular formula is C35H35BrN2O4. The van der Waals surface area contributed by atoms with Crippen LogP contribution in [-0.4, -0.2) is 42.2 Å². The quantitative estimate of drug-likeness (QED) is 0.167. The fourth-order valence-electron chi connectivity index (χ4n) is 5.15. The molecule has 1 heterocycles. The summed E-state index contributed by atoms with van der Waals surface area (Å²) in [6, 6.07) is 35.6. The van der Waals surface area contributed by atoms with Crippen molar-refractivity contribution in [2.24, 2.45) is 4.99 Å². The standard InChI is InChI=1S/C35H35BrN2O4/c36-31-17-8-7-16-30(31)32-35(25-27-13-5-2-6-14-27,34(40)37-22-9-15-26-11-3-1-4-12-26)38-33(42-32)28-18-20-29(21-19-28)41-24-10-23-39/h1-8,11-14,16-21,32,39H,9-10,15,22-25H2,(H,37,40)/t32-,35-/m1/s1. The topological polar surface area (TPSA) is 80.2 Å². The minimum absolute atomic E-state index is 0.0803. The number of benzene rings is 4. The van der Waals surface area contributed by atoms with E-state index in [-0.39, 0.29) is 12.5 Å². The molecule has 0 saturated carbocycles. The molecule has 6 nitrogen and oxygen atoms in total. The van der Waals surface area contributed by atoms with Gasteiger partial charge in [-0.25, -0.2) is 4.99 Å². The van der Waals surface area contributed by atoms with Gasteiger partial charge in [-0.2, -0.15) is 0 Å². The van der Waals surface area contributed by atoms with E-state index in [0.29, 0.717) is 37.6 Å². The summed E-state index contributed by atoms with van der Waals surface area (Å²) in [7, 11) is 0. The molecule has 216 valence electrons. The summed E-state index contributed by atoms with van der Waals surface area (Å²) < 4.78 is 13.2. The molecule has 2 N–H and O–H groups in total. The van der Waals surface area contributed by atoms with Crippen LogP contribution in [0.3, 0.4) is 0 Å². The van der Waals surface area contributed by atoms with Gasteiger partial charge in [-0.3, -0.25) is 4.79 Å². The van der Waals surface area contributed by atoms with Gasteiger partial charge in [-0.05, 0) is 54.3 Å². The summed E-state index contributed by atoms with van der Waals surface area (Å²) in [6.45, 7) is 1.04. The van der Waals surface area contributed by atoms with Crippen LogP contribution in [0, 0.1) is 0 Å². The van der Waals surface area contributed by atoms with Gasteiger partial charge in [0.05, 0.1) is 6.61 Å². The van der Waals surface area contributed by atoms with Crippen molar-refractivity contribution >= 4 is 27.7 Å². The molecule has 5 rings (SSSR count). The summed E-state index contributed by atoms with van der Waals surface area (Å²) in [6.07, 6.45) is 1.96. The van der Waals surface area contributed by atoms with Crippen molar-refractivity contribution in [3.05, 3.63) is 136 Å². The molecule has 0 unspecified atom stereocenters. The zero-order valence-corrected chi connectivity index (χ0v) is 25.0. The molecule has 7 heteroatoms. The number of nitrogens with zero attached hydrogens (tertiary/aromatic N) is 1. The zero-order chi connectivity index (χ0) is 29.2. The highest BCUT2D eigenvalue weighted by Gasteiger charge is 2.53. The van der Waals surface area contributed by atoms with Gasteiger partial charge in [0.2, 0.25) is 5.90 Å². The summed E-state index contributed by atoms with van der Waals surface area (Å²) in [5.74, 6) is 0.937. The first-order chi connectivity index (χ1) is 20.6. The van der Waals surface area contributed by atoms with E-state index < -0.39 is 11.6 Å². The summed E-state index contributed by atoms with van der Waals surface area (Å²) in [4.78, 5) is 19.4. The number of carbonyl (C=O) groups excluding carboxylic acids is 1. The SMILES string of the molecule is O=C(NCCCc1ccccc1)[C@]1(Cc2ccccc2)N=C(c2ccc(OCCCO)cc2)O[C@@H]1c1ccccc1Br. The maximum absolute atomic E-state index is 14.3. The number of hydrogen-bond acceptors (Lipinski definition) is 5. The molecule has 0 bridgehead atoms. The van der Waals surface area contributed by atoms with Gasteiger partial charge < -0.3 is 19.9 Å². The van der Waals surface area contributed by atoms with Crippen LogP contribution in [0.1, 0.15) is 41.2 Å². The number of aliphatic hydroxyl groups excluding tert-OH is 1. The van der Waals surface area contributed by atoms with Gasteiger partial charge in [0, 0.05) is 41.6 Å². The Bertz CT molecular complexity index is 1480. The number of ether oxygens (including phenoxy) is 2. The van der Waals surface area contributed by atoms with E-state index in [0.717, 1.165) is 34.0 Å². The van der Waals surface area contributed by atoms with Crippen molar-refractivity contribution in [1.82, 2.24) is 5.32 Å². The molecule has 0 spiro atoms. The third-order valence-electron chi connectivity index (χ3n) is 7.30. The lowest BCUT2D eigenvalue weighted by Gasteiger charge is -2.31. The van der Waals surface area contributed by atoms with Gasteiger partial charge in [0.25, 0.3) is 5.91 Å². The summed E-state index contributed by atoms with van der Waals surface area (Å²) in [5.41, 5.74) is 2.62. The number of amides is 1. The molecule has 1 aliphatic heterocycles. The Kier molecular flexibility index (Phi) is 10.1. The normalized spacial score (nSPS) is 17.8. The van der Waals surface area contributed by atoms with Gasteiger partial charge in [-0.15, -0.1) is 0 Å². The molecule has 4 aromatic carbocycles. The van der Waals surface area contributed by atoms with E-state index >= 15 is 0 Å². The second-order valence-electron chi connectivity index (χ2n) is 10.3. The largest absolute Gasteiger partial charge is 0.494 e. The lowest BCUT2D eigenvalue weighted by molar-refractivity contribution is -0.128. The van der Waals surface area contributed by atoms with Crippen molar-refractivity contribution < 1.29 is 19.4 Å². The molecule has 4 aromatic rings. The van der Waals surface area contributed by atoms with Gasteiger partial charge in [-0.1, -0.05) is 94.8 Å². The van der Waals surface area contributed by atoms with Crippen LogP contribution in [0.25, 0.3) is 0 Å². The Balaban J connectivity index is 1.47. The number of nitrogens with one attached hydrogen (secondary N) is 1. The number of aliphatic hydroxyl groups is 1. The predicted molar refractivity (Wildman–Crippen MR) is 169 cm³/mol. The number of carbonyl (C=O) groups is 1. The first-order valence-corrected chi connectivity index (χ1v) is 15.1. The van der Waals surface area contributed by atoms with E-state index in [2.05, 4.69) is 33.4 Å². The molecule has 0 aliphatic carbocycles. The average molecular weight is 628 g/mol. The molecule has 2 atom stereocenters. The fraction of sp³-hybridized carbons (Fsp3) is 0.257.